The molecule has 1 rings (SSSR count). The molecule has 4 nitrogen and oxygen atoms in total. The van der Waals surface area contributed by atoms with E-state index in [1.165, 1.54) is 0 Å². The highest BCUT2D eigenvalue weighted by Gasteiger charge is 2.15. The van der Waals surface area contributed by atoms with Crippen LogP contribution in [0, 0.1) is 0 Å². The maximum absolute atomic E-state index is 12.5. The van der Waals surface area contributed by atoms with Gasteiger partial charge in [0, 0.05) is 17.7 Å². The Labute approximate surface area is 164 Å². The van der Waals surface area contributed by atoms with Crippen LogP contribution in [0.3, 0.4) is 0 Å². The maximum atomic E-state index is 12.5. The van der Waals surface area contributed by atoms with E-state index in [2.05, 4.69) is 5.16 Å². The van der Waals surface area contributed by atoms with Gasteiger partial charge in [-0.2, -0.15) is 4.39 Å². The monoisotopic (exact) mass is 405 g/mol. The molecule has 26 heavy (non-hydrogen) atoms. The van der Waals surface area contributed by atoms with Crippen molar-refractivity contribution in [3.8, 4) is 11.5 Å². The van der Waals surface area contributed by atoms with Gasteiger partial charge in [0.1, 0.15) is 24.7 Å². The second kappa shape index (κ2) is 12.0. The summed E-state index contributed by atoms with van der Waals surface area (Å²) < 4.78 is 23.9. The lowest BCUT2D eigenvalue weighted by Crippen LogP contribution is -2.04. The summed E-state index contributed by atoms with van der Waals surface area (Å²) in [7, 11) is 0. The Morgan fingerprint density at radius 2 is 1.88 bits per heavy atom. The molecule has 1 aromatic carbocycles. The number of halogens is 3. The molecule has 0 aliphatic rings. The third-order valence-corrected chi connectivity index (χ3v) is 3.71. The van der Waals surface area contributed by atoms with E-state index in [-0.39, 0.29) is 12.5 Å². The molecule has 0 radical (unpaired) electrons. The lowest BCUT2D eigenvalue weighted by atomic mass is 10.0. The highest BCUT2D eigenvalue weighted by molar-refractivity contribution is 6.32. The summed E-state index contributed by atoms with van der Waals surface area (Å²) in [6.07, 6.45) is 2.80. The van der Waals surface area contributed by atoms with E-state index >= 15 is 0 Å². The molecule has 1 aromatic rings. The quantitative estimate of drug-likeness (QED) is 0.240. The van der Waals surface area contributed by atoms with E-state index in [9.17, 15) is 4.39 Å². The van der Waals surface area contributed by atoms with Gasteiger partial charge in [-0.05, 0) is 38.7 Å². The molecule has 0 aliphatic carbocycles. The summed E-state index contributed by atoms with van der Waals surface area (Å²) in [5.74, 6) is 1.38. The van der Waals surface area contributed by atoms with E-state index < -0.39 is 5.29 Å². The lowest BCUT2D eigenvalue weighted by Gasteiger charge is -2.17. The second-order valence-electron chi connectivity index (χ2n) is 6.21. The summed E-state index contributed by atoms with van der Waals surface area (Å²) in [6.45, 7) is 8.96. The number of benzene rings is 1. The van der Waals surface area contributed by atoms with Gasteiger partial charge in [0.15, 0.2) is 5.29 Å². The molecule has 0 fully saturated rings. The molecule has 0 atom stereocenters. The Balaban J connectivity index is 2.63. The van der Waals surface area contributed by atoms with E-state index in [0.29, 0.717) is 29.7 Å². The molecule has 0 spiro atoms. The van der Waals surface area contributed by atoms with Crippen LogP contribution >= 0.6 is 23.2 Å². The average molecular weight is 406 g/mol. The van der Waals surface area contributed by atoms with Crippen molar-refractivity contribution in [2.24, 2.45) is 5.16 Å². The highest BCUT2D eigenvalue weighted by atomic mass is 35.5. The minimum absolute atomic E-state index is 0.0309. The zero-order chi connectivity index (χ0) is 19.5. The van der Waals surface area contributed by atoms with Gasteiger partial charge < -0.3 is 14.3 Å². The van der Waals surface area contributed by atoms with Gasteiger partial charge >= 0.3 is 0 Å². The fourth-order valence-corrected chi connectivity index (χ4v) is 2.41. The Hall–Kier alpha value is -1.46. The molecule has 7 heteroatoms. The van der Waals surface area contributed by atoms with E-state index in [1.807, 2.05) is 33.8 Å². The Bertz CT molecular complexity index is 625. The zero-order valence-corrected chi connectivity index (χ0v) is 17.2. The van der Waals surface area contributed by atoms with Gasteiger partial charge in [0.2, 0.25) is 0 Å². The first-order valence-electron chi connectivity index (χ1n) is 8.54. The van der Waals surface area contributed by atoms with Crippen LogP contribution in [-0.4, -0.2) is 25.5 Å². The summed E-state index contributed by atoms with van der Waals surface area (Å²) in [4.78, 5) is 5.15. The molecule has 0 saturated carbocycles. The summed E-state index contributed by atoms with van der Waals surface area (Å²) in [5.41, 5.74) is 1.83. The van der Waals surface area contributed by atoms with E-state index in [4.69, 9.17) is 37.5 Å². The second-order valence-corrected chi connectivity index (χ2v) is 6.98. The number of oxime groups is 1. The molecule has 0 aliphatic heterocycles. The van der Waals surface area contributed by atoms with Crippen molar-refractivity contribution in [2.75, 3.05) is 19.8 Å². The third-order valence-electron chi connectivity index (χ3n) is 3.28. The number of unbranched alkanes of at least 4 members (excludes halogenated alkanes) is 1. The van der Waals surface area contributed by atoms with Crippen LogP contribution in [0.4, 0.5) is 4.39 Å². The topological polar surface area (TPSA) is 40.0 Å². The molecule has 0 N–H and O–H groups in total. The van der Waals surface area contributed by atoms with Crippen molar-refractivity contribution in [1.29, 1.82) is 0 Å². The van der Waals surface area contributed by atoms with Crippen LogP contribution < -0.4 is 9.47 Å². The minimum atomic E-state index is -0.802. The lowest BCUT2D eigenvalue weighted by molar-refractivity contribution is 0.135. The predicted octanol–water partition coefficient (Wildman–Crippen LogP) is 6.46. The number of rotatable bonds is 11. The number of nitrogens with zero attached hydrogens (tertiary/aromatic N) is 1. The fraction of sp³-hybridized carbons (Fsp3) is 0.526. The average Bonchev–Trinajstić information content (AvgIpc) is 2.54. The molecule has 0 saturated heterocycles. The van der Waals surface area contributed by atoms with Crippen LogP contribution in [0.5, 0.6) is 11.5 Å². The van der Waals surface area contributed by atoms with Crippen molar-refractivity contribution >= 4 is 28.9 Å². The molecule has 0 bridgehead atoms. The predicted molar refractivity (Wildman–Crippen MR) is 106 cm³/mol. The number of ether oxygens (including phenoxy) is 2. The van der Waals surface area contributed by atoms with Crippen molar-refractivity contribution in [1.82, 2.24) is 0 Å². The number of hydrogen-bond acceptors (Lipinski definition) is 4. The molecular weight excluding hydrogens is 380 g/mol. The fourth-order valence-electron chi connectivity index (χ4n) is 2.07. The van der Waals surface area contributed by atoms with Gasteiger partial charge in [-0.3, -0.25) is 0 Å². The summed E-state index contributed by atoms with van der Waals surface area (Å²) in [5, 5.41) is 3.54. The van der Waals surface area contributed by atoms with Crippen LogP contribution in [0.1, 0.15) is 52.0 Å². The Kier molecular flexibility index (Phi) is 10.4. The molecule has 0 amide bonds. The Morgan fingerprint density at radius 3 is 2.50 bits per heavy atom. The van der Waals surface area contributed by atoms with Crippen molar-refractivity contribution in [3.63, 3.8) is 0 Å². The standard InChI is InChI=1S/C19H26Cl2FNO3/c1-13(2)16-11-15(24-10-7-18(21)22)12-17(20)19(16)25-8-5-6-9-26-23-14(3)4/h7,11-13H,5-6,8-10H2,1-4H3/b18-7-. The summed E-state index contributed by atoms with van der Waals surface area (Å²) in [6, 6.07) is 3.51. The van der Waals surface area contributed by atoms with Crippen LogP contribution in [0.15, 0.2) is 28.7 Å². The normalized spacial score (nSPS) is 11.5. The maximum Gasteiger partial charge on any atom is 0.188 e. The van der Waals surface area contributed by atoms with Gasteiger partial charge in [-0.25, -0.2) is 0 Å². The molecule has 0 unspecified atom stereocenters. The van der Waals surface area contributed by atoms with E-state index in [1.54, 1.807) is 6.07 Å². The molecule has 0 aromatic heterocycles. The van der Waals surface area contributed by atoms with Gasteiger partial charge in [0.25, 0.3) is 0 Å². The van der Waals surface area contributed by atoms with Gasteiger partial charge in [-0.15, -0.1) is 0 Å². The summed E-state index contributed by atoms with van der Waals surface area (Å²) >= 11 is 11.5. The van der Waals surface area contributed by atoms with Crippen LogP contribution in [-0.2, 0) is 4.84 Å². The largest absolute Gasteiger partial charge is 0.492 e. The van der Waals surface area contributed by atoms with Gasteiger partial charge in [-0.1, -0.05) is 42.2 Å². The molecule has 0 heterocycles. The highest BCUT2D eigenvalue weighted by Crippen LogP contribution is 2.37. The zero-order valence-electron chi connectivity index (χ0n) is 15.7. The smallest absolute Gasteiger partial charge is 0.188 e. The SMILES string of the molecule is CC(C)=NOCCCCOc1c(Cl)cc(OC/C=C(\F)Cl)cc1C(C)C. The Morgan fingerprint density at radius 1 is 1.19 bits per heavy atom. The molecule has 146 valence electrons. The van der Waals surface area contributed by atoms with Crippen molar-refractivity contribution in [2.45, 2.75) is 46.5 Å². The first kappa shape index (κ1) is 22.6. The van der Waals surface area contributed by atoms with Crippen LogP contribution in [0.25, 0.3) is 0 Å². The third kappa shape index (κ3) is 8.77. The van der Waals surface area contributed by atoms with Crippen molar-refractivity contribution < 1.29 is 18.7 Å². The minimum Gasteiger partial charge on any atom is -0.492 e. The van der Waals surface area contributed by atoms with Crippen molar-refractivity contribution in [3.05, 3.63) is 34.1 Å². The van der Waals surface area contributed by atoms with Gasteiger partial charge in [0.05, 0.1) is 17.3 Å². The van der Waals surface area contributed by atoms with E-state index in [0.717, 1.165) is 30.2 Å². The first-order valence-corrected chi connectivity index (χ1v) is 9.30. The van der Waals surface area contributed by atoms with Crippen LogP contribution in [0.2, 0.25) is 5.02 Å². The first-order chi connectivity index (χ1) is 12.3. The number of hydrogen-bond donors (Lipinski definition) is 0. The molecular formula is C19H26Cl2FNO3.